The zero-order valence-corrected chi connectivity index (χ0v) is 8.95. The lowest BCUT2D eigenvalue weighted by Crippen LogP contribution is -2.13. The van der Waals surface area contributed by atoms with E-state index in [1.165, 1.54) is 0 Å². The molecule has 0 unspecified atom stereocenters. The summed E-state index contributed by atoms with van der Waals surface area (Å²) < 4.78 is 0. The van der Waals surface area contributed by atoms with Crippen LogP contribution in [0.15, 0.2) is 23.2 Å². The summed E-state index contributed by atoms with van der Waals surface area (Å²) in [4.78, 5) is 14.9. The third-order valence-electron chi connectivity index (χ3n) is 1.87. The van der Waals surface area contributed by atoms with Gasteiger partial charge in [0.25, 0.3) is 0 Å². The molecular formula is C10H11ClN2O2. The van der Waals surface area contributed by atoms with E-state index in [0.717, 1.165) is 0 Å². The molecule has 1 aromatic carbocycles. The molecule has 0 aliphatic rings. The number of carbonyl (C=O) groups is 1. The fourth-order valence-electron chi connectivity index (χ4n) is 1.21. The second-order valence-corrected chi connectivity index (χ2v) is 3.28. The average Bonchev–Trinajstić information content (AvgIpc) is 2.17. The van der Waals surface area contributed by atoms with Gasteiger partial charge < -0.3 is 10.8 Å². The second kappa shape index (κ2) is 4.79. The number of aliphatic imine (C=N–C) groups is 1. The number of aromatic carboxylic acids is 1. The predicted molar refractivity (Wildman–Crippen MR) is 60.1 cm³/mol. The lowest BCUT2D eigenvalue weighted by atomic mass is 10.1. The van der Waals surface area contributed by atoms with Crippen LogP contribution in [-0.2, 0) is 0 Å². The first kappa shape index (κ1) is 11.5. The van der Waals surface area contributed by atoms with Gasteiger partial charge >= 0.3 is 5.97 Å². The SMILES string of the molecule is Cc1cccc(N=C(N)CCl)c1C(=O)O. The Balaban J connectivity index is 3.29. The van der Waals surface area contributed by atoms with Crippen molar-refractivity contribution in [3.8, 4) is 0 Å². The summed E-state index contributed by atoms with van der Waals surface area (Å²) in [7, 11) is 0. The van der Waals surface area contributed by atoms with Crippen molar-refractivity contribution in [1.82, 2.24) is 0 Å². The average molecular weight is 227 g/mol. The quantitative estimate of drug-likeness (QED) is 0.470. The van der Waals surface area contributed by atoms with E-state index in [4.69, 9.17) is 22.4 Å². The largest absolute Gasteiger partial charge is 0.478 e. The Morgan fingerprint density at radius 3 is 2.80 bits per heavy atom. The molecule has 80 valence electrons. The molecule has 0 bridgehead atoms. The van der Waals surface area contributed by atoms with Crippen LogP contribution in [-0.4, -0.2) is 22.8 Å². The molecule has 0 radical (unpaired) electrons. The van der Waals surface area contributed by atoms with Crippen molar-refractivity contribution in [1.29, 1.82) is 0 Å². The van der Waals surface area contributed by atoms with Gasteiger partial charge in [-0.3, -0.25) is 0 Å². The highest BCUT2D eigenvalue weighted by atomic mass is 35.5. The first-order chi connectivity index (χ1) is 7.06. The highest BCUT2D eigenvalue weighted by Gasteiger charge is 2.12. The first-order valence-corrected chi connectivity index (χ1v) is 4.81. The van der Waals surface area contributed by atoms with E-state index in [0.29, 0.717) is 11.3 Å². The molecule has 5 heteroatoms. The van der Waals surface area contributed by atoms with Crippen LogP contribution in [0.4, 0.5) is 5.69 Å². The van der Waals surface area contributed by atoms with Crippen LogP contribution >= 0.6 is 11.6 Å². The van der Waals surface area contributed by atoms with E-state index >= 15 is 0 Å². The Morgan fingerprint density at radius 2 is 2.27 bits per heavy atom. The number of carboxylic acids is 1. The number of halogens is 1. The van der Waals surface area contributed by atoms with Gasteiger partial charge in [0.2, 0.25) is 0 Å². The van der Waals surface area contributed by atoms with Crippen LogP contribution < -0.4 is 5.73 Å². The summed E-state index contributed by atoms with van der Waals surface area (Å²) in [5, 5.41) is 8.99. The lowest BCUT2D eigenvalue weighted by molar-refractivity contribution is 0.0697. The predicted octanol–water partition coefficient (Wildman–Crippen LogP) is 1.92. The molecular weight excluding hydrogens is 216 g/mol. The highest BCUT2D eigenvalue weighted by Crippen LogP contribution is 2.22. The van der Waals surface area contributed by atoms with Gasteiger partial charge in [0.1, 0.15) is 5.84 Å². The minimum absolute atomic E-state index is 0.0764. The van der Waals surface area contributed by atoms with E-state index in [1.54, 1.807) is 25.1 Å². The summed E-state index contributed by atoms with van der Waals surface area (Å²) >= 11 is 5.47. The zero-order valence-electron chi connectivity index (χ0n) is 8.20. The molecule has 0 heterocycles. The Hall–Kier alpha value is -1.55. The number of hydrogen-bond donors (Lipinski definition) is 2. The third-order valence-corrected chi connectivity index (χ3v) is 2.14. The first-order valence-electron chi connectivity index (χ1n) is 4.28. The summed E-state index contributed by atoms with van der Waals surface area (Å²) in [6.45, 7) is 1.71. The molecule has 0 fully saturated rings. The van der Waals surface area contributed by atoms with Gasteiger partial charge in [-0.15, -0.1) is 11.6 Å². The summed E-state index contributed by atoms with van der Waals surface area (Å²) in [6, 6.07) is 5.03. The monoisotopic (exact) mass is 226 g/mol. The molecule has 15 heavy (non-hydrogen) atoms. The standard InChI is InChI=1S/C10H11ClN2O2/c1-6-3-2-4-7(9(6)10(14)15)13-8(12)5-11/h2-4H,5H2,1H3,(H2,12,13)(H,14,15). The molecule has 4 nitrogen and oxygen atoms in total. The van der Waals surface area contributed by atoms with Crippen molar-refractivity contribution in [2.75, 3.05) is 5.88 Å². The maximum atomic E-state index is 11.0. The maximum Gasteiger partial charge on any atom is 0.338 e. The summed E-state index contributed by atoms with van der Waals surface area (Å²) in [6.07, 6.45) is 0. The molecule has 0 aromatic heterocycles. The molecule has 0 saturated carbocycles. The highest BCUT2D eigenvalue weighted by molar-refractivity contribution is 6.28. The molecule has 0 aliphatic carbocycles. The van der Waals surface area contributed by atoms with Gasteiger partial charge in [-0.2, -0.15) is 0 Å². The van der Waals surface area contributed by atoms with Crippen LogP contribution in [0, 0.1) is 6.92 Å². The number of alkyl halides is 1. The van der Waals surface area contributed by atoms with Crippen molar-refractivity contribution < 1.29 is 9.90 Å². The Labute approximate surface area is 92.4 Å². The van der Waals surface area contributed by atoms with E-state index in [9.17, 15) is 4.79 Å². The molecule has 0 atom stereocenters. The number of hydrogen-bond acceptors (Lipinski definition) is 2. The van der Waals surface area contributed by atoms with Crippen molar-refractivity contribution >= 4 is 29.1 Å². The molecule has 0 amide bonds. The summed E-state index contributed by atoms with van der Waals surface area (Å²) in [5.41, 5.74) is 6.59. The van der Waals surface area contributed by atoms with Crippen molar-refractivity contribution in [3.63, 3.8) is 0 Å². The minimum Gasteiger partial charge on any atom is -0.478 e. The van der Waals surface area contributed by atoms with Crippen LogP contribution in [0.2, 0.25) is 0 Å². The normalized spacial score (nSPS) is 11.5. The molecule has 1 rings (SSSR count). The van der Waals surface area contributed by atoms with Gasteiger partial charge in [0.15, 0.2) is 0 Å². The molecule has 0 spiro atoms. The van der Waals surface area contributed by atoms with Gasteiger partial charge in [-0.05, 0) is 18.6 Å². The fraction of sp³-hybridized carbons (Fsp3) is 0.200. The molecule has 0 saturated heterocycles. The summed E-state index contributed by atoms with van der Waals surface area (Å²) in [5.74, 6) is -0.744. The smallest absolute Gasteiger partial charge is 0.338 e. The molecule has 0 aliphatic heterocycles. The van der Waals surface area contributed by atoms with Gasteiger partial charge in [-0.25, -0.2) is 9.79 Å². The van der Waals surface area contributed by atoms with Crippen molar-refractivity contribution in [2.24, 2.45) is 10.7 Å². The van der Waals surface area contributed by atoms with E-state index in [-0.39, 0.29) is 17.3 Å². The number of aryl methyl sites for hydroxylation is 1. The fourth-order valence-corrected chi connectivity index (χ4v) is 1.27. The van der Waals surface area contributed by atoms with Crippen LogP contribution in [0.25, 0.3) is 0 Å². The van der Waals surface area contributed by atoms with Crippen LogP contribution in [0.3, 0.4) is 0 Å². The Kier molecular flexibility index (Phi) is 3.68. The molecule has 1 aromatic rings. The Bertz CT molecular complexity index is 416. The van der Waals surface area contributed by atoms with Crippen molar-refractivity contribution in [3.05, 3.63) is 29.3 Å². The zero-order chi connectivity index (χ0) is 11.4. The van der Waals surface area contributed by atoms with E-state index < -0.39 is 5.97 Å². The van der Waals surface area contributed by atoms with Crippen molar-refractivity contribution in [2.45, 2.75) is 6.92 Å². The Morgan fingerprint density at radius 1 is 1.60 bits per heavy atom. The topological polar surface area (TPSA) is 75.7 Å². The number of rotatable bonds is 3. The lowest BCUT2D eigenvalue weighted by Gasteiger charge is -2.04. The maximum absolute atomic E-state index is 11.0. The van der Waals surface area contributed by atoms with Gasteiger partial charge in [0.05, 0.1) is 17.1 Å². The number of nitrogens with two attached hydrogens (primary N) is 1. The number of amidine groups is 1. The number of nitrogens with zero attached hydrogens (tertiary/aromatic N) is 1. The van der Waals surface area contributed by atoms with E-state index in [2.05, 4.69) is 4.99 Å². The van der Waals surface area contributed by atoms with Gasteiger partial charge in [-0.1, -0.05) is 12.1 Å². The van der Waals surface area contributed by atoms with Gasteiger partial charge in [0, 0.05) is 0 Å². The number of carboxylic acid groups (broad SMARTS) is 1. The number of benzene rings is 1. The van der Waals surface area contributed by atoms with Crippen LogP contribution in [0.5, 0.6) is 0 Å². The van der Waals surface area contributed by atoms with Crippen LogP contribution in [0.1, 0.15) is 15.9 Å². The van der Waals surface area contributed by atoms with E-state index in [1.807, 2.05) is 0 Å². The third kappa shape index (κ3) is 2.70. The minimum atomic E-state index is -1.02. The molecule has 3 N–H and O–H groups in total. The second-order valence-electron chi connectivity index (χ2n) is 3.01.